The molecule has 0 radical (unpaired) electrons. The van der Waals surface area contributed by atoms with Gasteiger partial charge in [-0.1, -0.05) is 0 Å². The Morgan fingerprint density at radius 3 is 2.44 bits per heavy atom. The summed E-state index contributed by atoms with van der Waals surface area (Å²) in [7, 11) is 0. The van der Waals surface area contributed by atoms with Crippen LogP contribution in [-0.4, -0.2) is 54.4 Å². The molecule has 2 aliphatic rings. The summed E-state index contributed by atoms with van der Waals surface area (Å²) in [4.78, 5) is 34.9. The maximum Gasteiger partial charge on any atom is 0.434 e. The van der Waals surface area contributed by atoms with E-state index in [4.69, 9.17) is 0 Å². The minimum Gasteiger partial charge on any atom is -0.364 e. The number of nitrogens with one attached hydrogen (secondary N) is 1. The van der Waals surface area contributed by atoms with Gasteiger partial charge in [-0.15, -0.1) is 0 Å². The second kappa shape index (κ2) is 8.26. The quantitative estimate of drug-likeness (QED) is 0.580. The zero-order chi connectivity index (χ0) is 24.0. The minimum atomic E-state index is -4.56. The molecule has 1 amide bonds. The van der Waals surface area contributed by atoms with Crippen LogP contribution in [-0.2, 0) is 6.18 Å². The summed E-state index contributed by atoms with van der Waals surface area (Å²) < 4.78 is 51.5. The Kier molecular flexibility index (Phi) is 5.37. The van der Waals surface area contributed by atoms with Crippen molar-refractivity contribution in [2.45, 2.75) is 38.0 Å². The highest BCUT2D eigenvalue weighted by molar-refractivity contribution is 5.99. The second-order valence-corrected chi connectivity index (χ2v) is 8.53. The van der Waals surface area contributed by atoms with Crippen LogP contribution >= 0.6 is 0 Å². The smallest absolute Gasteiger partial charge is 0.364 e. The molecular formula is C22H19F4N7O. The van der Waals surface area contributed by atoms with Gasteiger partial charge in [0.1, 0.15) is 11.5 Å². The number of piperidine rings is 1. The number of carbonyl (C=O) groups excluding carboxylic acids is 1. The average Bonchev–Trinajstić information content (AvgIpc) is 3.40. The van der Waals surface area contributed by atoms with Gasteiger partial charge in [0.15, 0.2) is 17.3 Å². The number of rotatable bonds is 4. The summed E-state index contributed by atoms with van der Waals surface area (Å²) in [5.74, 6) is -0.242. The molecule has 1 aliphatic carbocycles. The first-order chi connectivity index (χ1) is 16.2. The van der Waals surface area contributed by atoms with E-state index in [1.807, 2.05) is 6.92 Å². The van der Waals surface area contributed by atoms with Gasteiger partial charge in [-0.05, 0) is 37.3 Å². The molecule has 8 nitrogen and oxygen atoms in total. The predicted octanol–water partition coefficient (Wildman–Crippen LogP) is 3.51. The molecule has 3 aromatic rings. The Morgan fingerprint density at radius 1 is 1.03 bits per heavy atom. The number of aromatic nitrogens is 5. The number of carbonyl (C=O) groups is 1. The standard InChI is InChI=1S/C22H19F4N7O/c1-11-2-14(19(29-5-11)20-30-6-13(23)7-31-20)21(34)33-10-12-3-15(16(33)4-12)32-18-9-27-17(8-28-18)22(24,25)26/h2,5-9,12,15-16H,3-4,10H2,1H3,(H,28,32)/t12-,15-,16+/m1/s1. The molecule has 1 saturated carbocycles. The Labute approximate surface area is 191 Å². The Bertz CT molecular complexity index is 1220. The maximum absolute atomic E-state index is 13.6. The van der Waals surface area contributed by atoms with Crippen molar-refractivity contribution in [3.8, 4) is 11.5 Å². The molecule has 0 aromatic carbocycles. The van der Waals surface area contributed by atoms with Crippen molar-refractivity contribution in [2.75, 3.05) is 11.9 Å². The monoisotopic (exact) mass is 473 g/mol. The van der Waals surface area contributed by atoms with Crippen molar-refractivity contribution in [1.29, 1.82) is 0 Å². The zero-order valence-corrected chi connectivity index (χ0v) is 17.9. The van der Waals surface area contributed by atoms with Gasteiger partial charge in [0.2, 0.25) is 0 Å². The number of halogens is 4. The number of amides is 1. The van der Waals surface area contributed by atoms with Gasteiger partial charge in [0.05, 0.1) is 36.4 Å². The molecule has 0 unspecified atom stereocenters. The molecule has 12 heteroatoms. The Hall–Kier alpha value is -3.70. The highest BCUT2D eigenvalue weighted by Crippen LogP contribution is 2.40. The van der Waals surface area contributed by atoms with E-state index in [1.165, 1.54) is 0 Å². The SMILES string of the molecule is Cc1cnc(-c2ncc(F)cn2)c(C(=O)N2C[C@@H]3C[C@@H](Nc4cnc(C(F)(F)F)cn4)[C@@H]2C3)c1. The fourth-order valence-corrected chi connectivity index (χ4v) is 4.65. The summed E-state index contributed by atoms with van der Waals surface area (Å²) in [6, 6.07) is 1.34. The van der Waals surface area contributed by atoms with Crippen LogP contribution in [0.25, 0.3) is 11.5 Å². The first kappa shape index (κ1) is 22.1. The largest absolute Gasteiger partial charge is 0.434 e. The fourth-order valence-electron chi connectivity index (χ4n) is 4.65. The zero-order valence-electron chi connectivity index (χ0n) is 17.9. The number of alkyl halides is 3. The molecule has 0 spiro atoms. The van der Waals surface area contributed by atoms with Crippen molar-refractivity contribution >= 4 is 11.7 Å². The molecule has 176 valence electrons. The molecule has 1 aliphatic heterocycles. The molecule has 3 atom stereocenters. The number of aryl methyl sites for hydroxylation is 1. The van der Waals surface area contributed by atoms with Crippen molar-refractivity contribution in [2.24, 2.45) is 5.92 Å². The van der Waals surface area contributed by atoms with Crippen LogP contribution in [0.2, 0.25) is 0 Å². The lowest BCUT2D eigenvalue weighted by Gasteiger charge is -2.34. The van der Waals surface area contributed by atoms with Crippen molar-refractivity contribution in [3.05, 3.63) is 59.7 Å². The van der Waals surface area contributed by atoms with Gasteiger partial charge in [-0.25, -0.2) is 24.3 Å². The average molecular weight is 473 g/mol. The minimum absolute atomic E-state index is 0.142. The molecule has 3 aromatic heterocycles. The number of hydrogen-bond donors (Lipinski definition) is 1. The molecule has 5 rings (SSSR count). The third-order valence-electron chi connectivity index (χ3n) is 6.11. The first-order valence-electron chi connectivity index (χ1n) is 10.6. The predicted molar refractivity (Wildman–Crippen MR) is 112 cm³/mol. The number of nitrogens with zero attached hydrogens (tertiary/aromatic N) is 6. The molecular weight excluding hydrogens is 454 g/mol. The molecule has 2 fully saturated rings. The Balaban J connectivity index is 1.38. The van der Waals surface area contributed by atoms with Gasteiger partial charge in [0, 0.05) is 18.8 Å². The van der Waals surface area contributed by atoms with Gasteiger partial charge in [0.25, 0.3) is 5.91 Å². The second-order valence-electron chi connectivity index (χ2n) is 8.53. The molecule has 1 N–H and O–H groups in total. The lowest BCUT2D eigenvalue weighted by atomic mass is 10.0. The number of hydrogen-bond acceptors (Lipinski definition) is 7. The van der Waals surface area contributed by atoms with Crippen molar-refractivity contribution < 1.29 is 22.4 Å². The molecule has 4 heterocycles. The first-order valence-corrected chi connectivity index (χ1v) is 10.6. The van der Waals surface area contributed by atoms with E-state index in [1.54, 1.807) is 17.2 Å². The van der Waals surface area contributed by atoms with Gasteiger partial charge >= 0.3 is 6.18 Å². The lowest BCUT2D eigenvalue weighted by Crippen LogP contribution is -2.48. The van der Waals surface area contributed by atoms with Crippen LogP contribution in [0.15, 0.2) is 37.1 Å². The van der Waals surface area contributed by atoms with E-state index < -0.39 is 17.7 Å². The van der Waals surface area contributed by atoms with Crippen LogP contribution in [0, 0.1) is 18.7 Å². The number of pyridine rings is 1. The highest BCUT2D eigenvalue weighted by Gasteiger charge is 2.47. The van der Waals surface area contributed by atoms with Gasteiger partial charge in [-0.3, -0.25) is 9.78 Å². The summed E-state index contributed by atoms with van der Waals surface area (Å²) in [6.07, 6.45) is 2.32. The van der Waals surface area contributed by atoms with Crippen LogP contribution in [0.3, 0.4) is 0 Å². The maximum atomic E-state index is 13.6. The normalized spacial score (nSPS) is 21.7. The van der Waals surface area contributed by atoms with Crippen molar-refractivity contribution in [3.63, 3.8) is 0 Å². The van der Waals surface area contributed by atoms with Crippen LogP contribution in [0.1, 0.15) is 34.5 Å². The Morgan fingerprint density at radius 2 is 1.79 bits per heavy atom. The van der Waals surface area contributed by atoms with Gasteiger partial charge in [-0.2, -0.15) is 13.2 Å². The number of fused-ring (bicyclic) bond motifs is 2. The van der Waals surface area contributed by atoms with Crippen LogP contribution in [0.5, 0.6) is 0 Å². The van der Waals surface area contributed by atoms with E-state index >= 15 is 0 Å². The third-order valence-corrected chi connectivity index (χ3v) is 6.11. The lowest BCUT2D eigenvalue weighted by molar-refractivity contribution is -0.141. The van der Waals surface area contributed by atoms with E-state index in [-0.39, 0.29) is 41.2 Å². The highest BCUT2D eigenvalue weighted by atomic mass is 19.4. The van der Waals surface area contributed by atoms with E-state index in [0.29, 0.717) is 18.3 Å². The van der Waals surface area contributed by atoms with E-state index in [2.05, 4.69) is 30.2 Å². The number of anilines is 1. The molecule has 2 bridgehead atoms. The number of likely N-dealkylation sites (tertiary alicyclic amines) is 1. The molecule has 34 heavy (non-hydrogen) atoms. The topological polar surface area (TPSA) is 96.8 Å². The summed E-state index contributed by atoms with van der Waals surface area (Å²) in [5, 5.41) is 3.13. The van der Waals surface area contributed by atoms with Crippen LogP contribution < -0.4 is 5.32 Å². The van der Waals surface area contributed by atoms with E-state index in [0.717, 1.165) is 37.0 Å². The van der Waals surface area contributed by atoms with Crippen molar-refractivity contribution in [1.82, 2.24) is 29.8 Å². The molecule has 1 saturated heterocycles. The summed E-state index contributed by atoms with van der Waals surface area (Å²) in [6.45, 7) is 2.36. The summed E-state index contributed by atoms with van der Waals surface area (Å²) >= 11 is 0. The fraction of sp³-hybridized carbons (Fsp3) is 0.364. The van der Waals surface area contributed by atoms with Crippen LogP contribution in [0.4, 0.5) is 23.4 Å². The third kappa shape index (κ3) is 4.15. The van der Waals surface area contributed by atoms with E-state index in [9.17, 15) is 22.4 Å². The summed E-state index contributed by atoms with van der Waals surface area (Å²) in [5.41, 5.74) is 0.280. The van der Waals surface area contributed by atoms with Gasteiger partial charge < -0.3 is 10.2 Å².